The smallest absolute Gasteiger partial charge is 0.247 e. The highest BCUT2D eigenvalue weighted by Gasteiger charge is 2.26. The second kappa shape index (κ2) is 9.14. The lowest BCUT2D eigenvalue weighted by atomic mass is 10.1. The van der Waals surface area contributed by atoms with Crippen molar-refractivity contribution >= 4 is 17.4 Å². The van der Waals surface area contributed by atoms with Crippen molar-refractivity contribution in [1.29, 1.82) is 0 Å². The number of anilines is 1. The molecule has 6 nitrogen and oxygen atoms in total. The molecular weight excluding hydrogens is 408 g/mol. The van der Waals surface area contributed by atoms with E-state index in [0.717, 1.165) is 47.6 Å². The van der Waals surface area contributed by atoms with Gasteiger partial charge in [-0.2, -0.15) is 4.98 Å². The Balaban J connectivity index is 1.44. The van der Waals surface area contributed by atoms with Crippen LogP contribution in [0.2, 0.25) is 0 Å². The highest BCUT2D eigenvalue weighted by atomic mass is 32.2. The summed E-state index contributed by atoms with van der Waals surface area (Å²) in [7, 11) is 0. The van der Waals surface area contributed by atoms with Crippen LogP contribution >= 0.6 is 11.8 Å². The largest absolute Gasteiger partial charge is 0.490 e. The van der Waals surface area contributed by atoms with Crippen LogP contribution in [0, 0.1) is 0 Å². The highest BCUT2D eigenvalue weighted by molar-refractivity contribution is 7.99. The first kappa shape index (κ1) is 20.1. The number of benzene rings is 2. The second-order valence-electron chi connectivity index (χ2n) is 7.88. The summed E-state index contributed by atoms with van der Waals surface area (Å²) in [4.78, 5) is 4.67. The van der Waals surface area contributed by atoms with Crippen molar-refractivity contribution < 1.29 is 9.47 Å². The van der Waals surface area contributed by atoms with Gasteiger partial charge < -0.3 is 14.8 Å². The summed E-state index contributed by atoms with van der Waals surface area (Å²) in [6.07, 6.45) is 5.82. The zero-order valence-corrected chi connectivity index (χ0v) is 18.4. The molecule has 1 N–H and O–H groups in total. The van der Waals surface area contributed by atoms with Crippen molar-refractivity contribution in [2.75, 3.05) is 11.1 Å². The number of nitrogens with zero attached hydrogens (tertiary/aromatic N) is 3. The lowest BCUT2D eigenvalue weighted by molar-refractivity contribution is 0.209. The Morgan fingerprint density at radius 1 is 1.06 bits per heavy atom. The lowest BCUT2D eigenvalue weighted by Crippen LogP contribution is -2.17. The van der Waals surface area contributed by atoms with E-state index in [-0.39, 0.29) is 6.23 Å². The summed E-state index contributed by atoms with van der Waals surface area (Å²) in [6, 6.07) is 16.2. The van der Waals surface area contributed by atoms with E-state index >= 15 is 0 Å². The molecule has 0 radical (unpaired) electrons. The number of rotatable bonds is 6. The molecule has 5 rings (SSSR count). The van der Waals surface area contributed by atoms with Gasteiger partial charge in [-0.25, -0.2) is 0 Å². The van der Waals surface area contributed by atoms with Gasteiger partial charge in [0.2, 0.25) is 11.0 Å². The van der Waals surface area contributed by atoms with E-state index in [0.29, 0.717) is 22.8 Å². The number of para-hydroxylation sites is 1. The van der Waals surface area contributed by atoms with Gasteiger partial charge >= 0.3 is 0 Å². The maximum atomic E-state index is 6.34. The number of fused-ring (bicyclic) bond motifs is 3. The summed E-state index contributed by atoms with van der Waals surface area (Å²) in [5.41, 5.74) is 3.55. The molecule has 1 fully saturated rings. The van der Waals surface area contributed by atoms with E-state index in [1.54, 1.807) is 11.8 Å². The second-order valence-corrected chi connectivity index (χ2v) is 8.94. The predicted molar refractivity (Wildman–Crippen MR) is 123 cm³/mol. The Bertz CT molecular complexity index is 1040. The highest BCUT2D eigenvalue weighted by Crippen LogP contribution is 2.39. The molecule has 2 aromatic carbocycles. The maximum absolute atomic E-state index is 6.34. The van der Waals surface area contributed by atoms with E-state index in [1.165, 1.54) is 12.8 Å². The van der Waals surface area contributed by atoms with Gasteiger partial charge in [0.1, 0.15) is 5.75 Å². The molecule has 0 amide bonds. The Kier molecular flexibility index (Phi) is 5.93. The average Bonchev–Trinajstić information content (AvgIpc) is 3.25. The van der Waals surface area contributed by atoms with Crippen molar-refractivity contribution in [3.63, 3.8) is 0 Å². The molecule has 1 atom stereocenters. The fraction of sp³-hybridized carbons (Fsp3) is 0.375. The molecule has 1 aliphatic heterocycles. The summed E-state index contributed by atoms with van der Waals surface area (Å²) in [5.74, 6) is 2.36. The molecular formula is C24H26N4O2S. The molecule has 31 heavy (non-hydrogen) atoms. The van der Waals surface area contributed by atoms with Crippen LogP contribution in [-0.2, 0) is 0 Å². The zero-order valence-electron chi connectivity index (χ0n) is 17.6. The van der Waals surface area contributed by atoms with Crippen molar-refractivity contribution in [3.05, 3.63) is 54.1 Å². The van der Waals surface area contributed by atoms with Crippen LogP contribution in [0.25, 0.3) is 11.3 Å². The van der Waals surface area contributed by atoms with Crippen molar-refractivity contribution in [3.8, 4) is 22.9 Å². The molecule has 3 aromatic rings. The van der Waals surface area contributed by atoms with E-state index < -0.39 is 0 Å². The molecule has 0 bridgehead atoms. The molecule has 160 valence electrons. The van der Waals surface area contributed by atoms with Gasteiger partial charge in [-0.15, -0.1) is 10.2 Å². The quantitative estimate of drug-likeness (QED) is 0.487. The fourth-order valence-corrected chi connectivity index (χ4v) is 4.61. The van der Waals surface area contributed by atoms with Crippen molar-refractivity contribution in [1.82, 2.24) is 15.2 Å². The molecule has 0 unspecified atom stereocenters. The van der Waals surface area contributed by atoms with Crippen LogP contribution in [0.4, 0.5) is 5.69 Å². The standard InChI is InChI=1S/C24H26N4O2S/c1-2-15-31-24-26-23-21(27-28-24)19-9-5-6-10-20(19)25-22(30-23)16-11-13-18(14-12-16)29-17-7-3-4-8-17/h5-6,9-14,17,22,25H,2-4,7-8,15H2,1H3/t22-/m0/s1. The van der Waals surface area contributed by atoms with Crippen molar-refractivity contribution in [2.24, 2.45) is 0 Å². The Morgan fingerprint density at radius 2 is 1.87 bits per heavy atom. The van der Waals surface area contributed by atoms with Gasteiger partial charge in [0.05, 0.1) is 6.10 Å². The Labute approximate surface area is 186 Å². The number of hydrogen-bond donors (Lipinski definition) is 1. The minimum Gasteiger partial charge on any atom is -0.490 e. The van der Waals surface area contributed by atoms with Gasteiger partial charge in [-0.1, -0.05) is 36.9 Å². The normalized spacial score (nSPS) is 17.8. The Morgan fingerprint density at radius 3 is 2.68 bits per heavy atom. The molecule has 0 saturated heterocycles. The maximum Gasteiger partial charge on any atom is 0.247 e. The first-order chi connectivity index (χ1) is 15.3. The van der Waals surface area contributed by atoms with Gasteiger partial charge in [-0.05, 0) is 62.4 Å². The van der Waals surface area contributed by atoms with Crippen LogP contribution in [0.1, 0.15) is 50.8 Å². The first-order valence-corrected chi connectivity index (χ1v) is 12.0. The molecule has 7 heteroatoms. The topological polar surface area (TPSA) is 69.2 Å². The van der Waals surface area contributed by atoms with Gasteiger partial charge in [0.15, 0.2) is 11.9 Å². The average molecular weight is 435 g/mol. The summed E-state index contributed by atoms with van der Waals surface area (Å²) >= 11 is 1.59. The van der Waals surface area contributed by atoms with Gasteiger partial charge in [0.25, 0.3) is 0 Å². The van der Waals surface area contributed by atoms with E-state index in [9.17, 15) is 0 Å². The molecule has 2 heterocycles. The molecule has 1 aromatic heterocycles. The molecule has 2 aliphatic rings. The predicted octanol–water partition coefficient (Wildman–Crippen LogP) is 5.87. The van der Waals surface area contributed by atoms with Gasteiger partial charge in [-0.3, -0.25) is 0 Å². The number of hydrogen-bond acceptors (Lipinski definition) is 7. The Hall–Kier alpha value is -2.80. The van der Waals surface area contributed by atoms with Crippen LogP contribution in [0.15, 0.2) is 53.7 Å². The summed E-state index contributed by atoms with van der Waals surface area (Å²) in [5, 5.41) is 12.9. The molecule has 0 spiro atoms. The minimum atomic E-state index is -0.386. The lowest BCUT2D eigenvalue weighted by Gasteiger charge is -2.20. The van der Waals surface area contributed by atoms with E-state index in [1.807, 2.05) is 36.4 Å². The van der Waals surface area contributed by atoms with Crippen LogP contribution in [-0.4, -0.2) is 27.0 Å². The summed E-state index contributed by atoms with van der Waals surface area (Å²) in [6.45, 7) is 2.14. The van der Waals surface area contributed by atoms with E-state index in [2.05, 4.69) is 39.6 Å². The third kappa shape index (κ3) is 4.46. The third-order valence-electron chi connectivity index (χ3n) is 5.56. The zero-order chi connectivity index (χ0) is 21.0. The number of aromatic nitrogens is 3. The molecule has 1 aliphatic carbocycles. The van der Waals surface area contributed by atoms with Crippen LogP contribution in [0.3, 0.4) is 0 Å². The summed E-state index contributed by atoms with van der Waals surface area (Å²) < 4.78 is 12.5. The van der Waals surface area contributed by atoms with Crippen LogP contribution < -0.4 is 14.8 Å². The molecule has 1 saturated carbocycles. The first-order valence-electron chi connectivity index (χ1n) is 11.0. The fourth-order valence-electron chi connectivity index (χ4n) is 3.97. The van der Waals surface area contributed by atoms with E-state index in [4.69, 9.17) is 9.47 Å². The monoisotopic (exact) mass is 434 g/mol. The number of thioether (sulfide) groups is 1. The number of nitrogens with one attached hydrogen (secondary N) is 1. The van der Waals surface area contributed by atoms with Crippen molar-refractivity contribution in [2.45, 2.75) is 56.5 Å². The van der Waals surface area contributed by atoms with Gasteiger partial charge in [0, 0.05) is 22.6 Å². The van der Waals surface area contributed by atoms with Crippen LogP contribution in [0.5, 0.6) is 11.6 Å². The third-order valence-corrected chi connectivity index (χ3v) is 6.60. The number of ether oxygens (including phenoxy) is 2. The SMILES string of the molecule is CCCSc1nnc2c(n1)O[C@@H](c1ccc(OC3CCCC3)cc1)Nc1ccccc1-2. The minimum absolute atomic E-state index is 0.346.